The maximum absolute atomic E-state index is 12.0. The Bertz CT molecular complexity index is 726. The van der Waals surface area contributed by atoms with Gasteiger partial charge >= 0.3 is 0 Å². The van der Waals surface area contributed by atoms with Gasteiger partial charge in [0.25, 0.3) is 5.91 Å². The number of carbonyl (C=O) groups is 2. The number of hydrogen-bond acceptors (Lipinski definition) is 3. The molecule has 0 radical (unpaired) electrons. The van der Waals surface area contributed by atoms with E-state index < -0.39 is 0 Å². The highest BCUT2D eigenvalue weighted by atomic mass is 16.5. The molecule has 0 aliphatic heterocycles. The summed E-state index contributed by atoms with van der Waals surface area (Å²) in [6, 6.07) is 15.2. The minimum absolute atomic E-state index is 0.209. The minimum atomic E-state index is -0.316. The van der Waals surface area contributed by atoms with Crippen molar-refractivity contribution < 1.29 is 14.3 Å². The van der Waals surface area contributed by atoms with Gasteiger partial charge in [0.15, 0.2) is 0 Å². The molecule has 0 bridgehead atoms. The number of hydrogen-bond donors (Lipinski definition) is 2. The lowest BCUT2D eigenvalue weighted by atomic mass is 10.1. The number of rotatable bonds is 8. The summed E-state index contributed by atoms with van der Waals surface area (Å²) in [5.74, 6) is 0.318. The van der Waals surface area contributed by atoms with Crippen LogP contribution in [0.25, 0.3) is 0 Å². The zero-order chi connectivity index (χ0) is 18.8. The topological polar surface area (TPSA) is 67.4 Å². The molecule has 0 saturated heterocycles. The standard InChI is InChI=1S/C21H26N2O3/c1-3-17-10-12-18(13-11-17)21(25)23-22-20(24)9-4-5-14-26-19-8-6-7-16(2)15-19/h6-8,10-13,15H,3-5,9,14H2,1-2H3,(H,22,24)(H,23,25). The number of nitrogens with one attached hydrogen (secondary N) is 2. The average molecular weight is 354 g/mol. The highest BCUT2D eigenvalue weighted by Gasteiger charge is 2.07. The molecule has 138 valence electrons. The summed E-state index contributed by atoms with van der Waals surface area (Å²) in [6.45, 7) is 4.64. The second-order valence-corrected chi connectivity index (χ2v) is 6.17. The predicted octanol–water partition coefficient (Wildman–Crippen LogP) is 3.57. The van der Waals surface area contributed by atoms with Gasteiger partial charge in [0.2, 0.25) is 5.91 Å². The van der Waals surface area contributed by atoms with Crippen LogP contribution >= 0.6 is 0 Å². The van der Waals surface area contributed by atoms with Gasteiger partial charge in [-0.05, 0) is 61.6 Å². The van der Waals surface area contributed by atoms with Crippen LogP contribution in [0.1, 0.15) is 47.7 Å². The van der Waals surface area contributed by atoms with Crippen molar-refractivity contribution in [3.63, 3.8) is 0 Å². The molecule has 0 aromatic heterocycles. The molecule has 0 unspecified atom stereocenters. The van der Waals surface area contributed by atoms with Crippen molar-refractivity contribution in [1.29, 1.82) is 0 Å². The van der Waals surface area contributed by atoms with Gasteiger partial charge in [0.1, 0.15) is 5.75 Å². The van der Waals surface area contributed by atoms with Crippen LogP contribution in [-0.4, -0.2) is 18.4 Å². The van der Waals surface area contributed by atoms with E-state index in [4.69, 9.17) is 4.74 Å². The quantitative estimate of drug-likeness (QED) is 0.562. The highest BCUT2D eigenvalue weighted by molar-refractivity contribution is 5.95. The van der Waals surface area contributed by atoms with Gasteiger partial charge in [-0.15, -0.1) is 0 Å². The van der Waals surface area contributed by atoms with Crippen LogP contribution in [0, 0.1) is 6.92 Å². The van der Waals surface area contributed by atoms with Gasteiger partial charge < -0.3 is 4.74 Å². The number of aryl methyl sites for hydroxylation is 2. The fraction of sp³-hybridized carbons (Fsp3) is 0.333. The van der Waals surface area contributed by atoms with Crippen LogP contribution in [0.4, 0.5) is 0 Å². The van der Waals surface area contributed by atoms with Crippen molar-refractivity contribution in [2.75, 3.05) is 6.61 Å². The zero-order valence-electron chi connectivity index (χ0n) is 15.4. The van der Waals surface area contributed by atoms with Crippen molar-refractivity contribution >= 4 is 11.8 Å². The monoisotopic (exact) mass is 354 g/mol. The molecule has 0 spiro atoms. The van der Waals surface area contributed by atoms with Crippen molar-refractivity contribution in [1.82, 2.24) is 10.9 Å². The van der Waals surface area contributed by atoms with Gasteiger partial charge in [-0.1, -0.05) is 31.2 Å². The second-order valence-electron chi connectivity index (χ2n) is 6.17. The van der Waals surface area contributed by atoms with Crippen molar-refractivity contribution in [3.05, 3.63) is 65.2 Å². The van der Waals surface area contributed by atoms with Gasteiger partial charge in [-0.3, -0.25) is 20.4 Å². The lowest BCUT2D eigenvalue weighted by molar-refractivity contribution is -0.122. The maximum atomic E-state index is 12.0. The number of amides is 2. The van der Waals surface area contributed by atoms with Crippen molar-refractivity contribution in [3.8, 4) is 5.75 Å². The van der Waals surface area contributed by atoms with Crippen LogP contribution in [0.5, 0.6) is 5.75 Å². The first kappa shape index (κ1) is 19.5. The third-order valence-electron chi connectivity index (χ3n) is 4.00. The molecule has 2 rings (SSSR count). The Labute approximate surface area is 154 Å². The summed E-state index contributed by atoms with van der Waals surface area (Å²) in [5.41, 5.74) is 7.73. The summed E-state index contributed by atoms with van der Waals surface area (Å²) >= 11 is 0. The highest BCUT2D eigenvalue weighted by Crippen LogP contribution is 2.12. The molecule has 2 aromatic rings. The van der Waals surface area contributed by atoms with E-state index in [0.717, 1.165) is 24.2 Å². The van der Waals surface area contributed by atoms with Crippen LogP contribution in [0.15, 0.2) is 48.5 Å². The Morgan fingerprint density at radius 1 is 1.00 bits per heavy atom. The Morgan fingerprint density at radius 2 is 1.77 bits per heavy atom. The molecule has 2 aromatic carbocycles. The average Bonchev–Trinajstić information content (AvgIpc) is 2.66. The van der Waals surface area contributed by atoms with E-state index in [-0.39, 0.29) is 11.8 Å². The van der Waals surface area contributed by atoms with Crippen LogP contribution in [-0.2, 0) is 11.2 Å². The van der Waals surface area contributed by atoms with Gasteiger partial charge in [0, 0.05) is 12.0 Å². The Kier molecular flexibility index (Phi) is 7.68. The van der Waals surface area contributed by atoms with Crippen LogP contribution < -0.4 is 15.6 Å². The molecule has 0 atom stereocenters. The fourth-order valence-corrected chi connectivity index (χ4v) is 2.44. The van der Waals surface area contributed by atoms with E-state index in [1.54, 1.807) is 12.1 Å². The number of hydrazine groups is 1. The lowest BCUT2D eigenvalue weighted by Gasteiger charge is -2.09. The molecular weight excluding hydrogens is 328 g/mol. The summed E-state index contributed by atoms with van der Waals surface area (Å²) in [4.78, 5) is 23.8. The molecular formula is C21H26N2O3. The summed E-state index contributed by atoms with van der Waals surface area (Å²) < 4.78 is 5.64. The summed E-state index contributed by atoms with van der Waals surface area (Å²) in [7, 11) is 0. The molecule has 0 aliphatic carbocycles. The normalized spacial score (nSPS) is 10.2. The molecule has 0 heterocycles. The molecule has 2 amide bonds. The maximum Gasteiger partial charge on any atom is 0.269 e. The molecule has 0 saturated carbocycles. The smallest absolute Gasteiger partial charge is 0.269 e. The Hall–Kier alpha value is -2.82. The molecule has 5 heteroatoms. The molecule has 26 heavy (non-hydrogen) atoms. The Morgan fingerprint density at radius 3 is 2.46 bits per heavy atom. The van der Waals surface area contributed by atoms with E-state index in [1.165, 1.54) is 5.56 Å². The first-order valence-corrected chi connectivity index (χ1v) is 8.96. The summed E-state index contributed by atoms with van der Waals surface area (Å²) in [5, 5.41) is 0. The third-order valence-corrected chi connectivity index (χ3v) is 4.00. The van der Waals surface area contributed by atoms with Crippen LogP contribution in [0.2, 0.25) is 0 Å². The second kappa shape index (κ2) is 10.2. The van der Waals surface area contributed by atoms with Gasteiger partial charge in [-0.25, -0.2) is 0 Å². The first-order valence-electron chi connectivity index (χ1n) is 8.96. The van der Waals surface area contributed by atoms with Crippen LogP contribution in [0.3, 0.4) is 0 Å². The number of unbranched alkanes of at least 4 members (excludes halogenated alkanes) is 1. The third kappa shape index (κ3) is 6.59. The SMILES string of the molecule is CCc1ccc(C(=O)NNC(=O)CCCCOc2cccc(C)c2)cc1. The molecule has 5 nitrogen and oxygen atoms in total. The fourth-order valence-electron chi connectivity index (χ4n) is 2.44. The minimum Gasteiger partial charge on any atom is -0.494 e. The first-order chi connectivity index (χ1) is 12.6. The Balaban J connectivity index is 1.60. The molecule has 2 N–H and O–H groups in total. The molecule has 0 fully saturated rings. The zero-order valence-corrected chi connectivity index (χ0v) is 15.4. The van der Waals surface area contributed by atoms with Gasteiger partial charge in [-0.2, -0.15) is 0 Å². The molecule has 0 aliphatic rings. The van der Waals surface area contributed by atoms with E-state index >= 15 is 0 Å². The number of carbonyl (C=O) groups excluding carboxylic acids is 2. The van der Waals surface area contributed by atoms with E-state index in [2.05, 4.69) is 17.8 Å². The van der Waals surface area contributed by atoms with Crippen molar-refractivity contribution in [2.45, 2.75) is 39.5 Å². The van der Waals surface area contributed by atoms with Gasteiger partial charge in [0.05, 0.1) is 6.61 Å². The predicted molar refractivity (Wildman–Crippen MR) is 102 cm³/mol. The van der Waals surface area contributed by atoms with E-state index in [1.807, 2.05) is 43.3 Å². The summed E-state index contributed by atoms with van der Waals surface area (Å²) in [6.07, 6.45) is 2.73. The van der Waals surface area contributed by atoms with E-state index in [9.17, 15) is 9.59 Å². The number of ether oxygens (including phenoxy) is 1. The largest absolute Gasteiger partial charge is 0.494 e. The van der Waals surface area contributed by atoms with E-state index in [0.29, 0.717) is 25.0 Å². The van der Waals surface area contributed by atoms with Crippen molar-refractivity contribution in [2.24, 2.45) is 0 Å². The lowest BCUT2D eigenvalue weighted by Crippen LogP contribution is -2.41. The number of benzene rings is 2.